The minimum absolute atomic E-state index is 0.0985. The first kappa shape index (κ1) is 17.8. The molecular formula is C18H27NO4. The number of methoxy groups -OCH3 is 1. The van der Waals surface area contributed by atoms with Crippen molar-refractivity contribution in [3.05, 3.63) is 29.8 Å². The minimum Gasteiger partial charge on any atom is -0.497 e. The maximum absolute atomic E-state index is 11.8. The normalized spacial score (nSPS) is 16.3. The van der Waals surface area contributed by atoms with E-state index in [0.717, 1.165) is 25.0 Å². The Hall–Kier alpha value is -1.59. The van der Waals surface area contributed by atoms with E-state index in [0.29, 0.717) is 32.6 Å². The first-order valence-corrected chi connectivity index (χ1v) is 8.29. The second-order valence-corrected chi connectivity index (χ2v) is 5.99. The molecule has 1 amide bonds. The number of rotatable bonds is 9. The summed E-state index contributed by atoms with van der Waals surface area (Å²) in [6, 6.07) is 8.08. The van der Waals surface area contributed by atoms with E-state index in [-0.39, 0.29) is 5.91 Å². The van der Waals surface area contributed by atoms with E-state index in [1.165, 1.54) is 5.56 Å². The van der Waals surface area contributed by atoms with Gasteiger partial charge < -0.3 is 19.5 Å². The van der Waals surface area contributed by atoms with E-state index in [9.17, 15) is 4.79 Å². The molecule has 1 aromatic carbocycles. The van der Waals surface area contributed by atoms with E-state index >= 15 is 0 Å². The van der Waals surface area contributed by atoms with Gasteiger partial charge in [-0.25, -0.2) is 0 Å². The molecule has 1 aliphatic rings. The number of nitrogens with one attached hydrogen (secondary N) is 1. The van der Waals surface area contributed by atoms with Crippen LogP contribution >= 0.6 is 0 Å². The van der Waals surface area contributed by atoms with Crippen LogP contribution in [0.15, 0.2) is 24.3 Å². The summed E-state index contributed by atoms with van der Waals surface area (Å²) in [6.45, 7) is 3.78. The molecule has 0 spiro atoms. The van der Waals surface area contributed by atoms with Crippen molar-refractivity contribution in [3.8, 4) is 5.75 Å². The summed E-state index contributed by atoms with van der Waals surface area (Å²) in [4.78, 5) is 11.8. The molecule has 0 saturated carbocycles. The van der Waals surface area contributed by atoms with Gasteiger partial charge in [0.15, 0.2) is 5.79 Å². The van der Waals surface area contributed by atoms with Crippen LogP contribution in [0.3, 0.4) is 0 Å². The Kier molecular flexibility index (Phi) is 6.86. The summed E-state index contributed by atoms with van der Waals surface area (Å²) in [7, 11) is 1.67. The highest BCUT2D eigenvalue weighted by atomic mass is 16.7. The van der Waals surface area contributed by atoms with Crippen LogP contribution in [0.4, 0.5) is 0 Å². The van der Waals surface area contributed by atoms with Gasteiger partial charge in [-0.1, -0.05) is 12.1 Å². The zero-order chi connectivity index (χ0) is 16.5. The van der Waals surface area contributed by atoms with Gasteiger partial charge in [0.25, 0.3) is 0 Å². The number of amides is 1. The van der Waals surface area contributed by atoms with Gasteiger partial charge in [-0.15, -0.1) is 0 Å². The molecule has 2 rings (SSSR count). The van der Waals surface area contributed by atoms with E-state index in [1.54, 1.807) is 7.11 Å². The summed E-state index contributed by atoms with van der Waals surface area (Å²) >= 11 is 0. The molecule has 5 nitrogen and oxygen atoms in total. The number of hydrogen-bond donors (Lipinski definition) is 1. The van der Waals surface area contributed by atoms with Gasteiger partial charge in [0.1, 0.15) is 5.75 Å². The molecule has 0 bridgehead atoms. The van der Waals surface area contributed by atoms with Gasteiger partial charge >= 0.3 is 0 Å². The van der Waals surface area contributed by atoms with Crippen molar-refractivity contribution >= 4 is 5.91 Å². The number of aryl methyl sites for hydroxylation is 1. The number of unbranched alkanes of at least 4 members (excludes halogenated alkanes) is 1. The van der Waals surface area contributed by atoms with E-state index in [4.69, 9.17) is 14.2 Å². The molecule has 0 aromatic heterocycles. The average molecular weight is 321 g/mol. The largest absolute Gasteiger partial charge is 0.497 e. The minimum atomic E-state index is -0.526. The van der Waals surface area contributed by atoms with Crippen molar-refractivity contribution in [2.24, 2.45) is 0 Å². The number of hydrogen-bond acceptors (Lipinski definition) is 4. The smallest absolute Gasteiger partial charge is 0.219 e. The van der Waals surface area contributed by atoms with Crippen LogP contribution in [0, 0.1) is 0 Å². The van der Waals surface area contributed by atoms with Crippen LogP contribution in [0.1, 0.15) is 38.2 Å². The fourth-order valence-electron chi connectivity index (χ4n) is 2.63. The highest BCUT2D eigenvalue weighted by Gasteiger charge is 2.30. The Bertz CT molecular complexity index is 480. The van der Waals surface area contributed by atoms with Crippen molar-refractivity contribution in [3.63, 3.8) is 0 Å². The zero-order valence-electron chi connectivity index (χ0n) is 14.1. The Morgan fingerprint density at radius 3 is 2.57 bits per heavy atom. The number of carbonyl (C=O) groups is 1. The third-order valence-electron chi connectivity index (χ3n) is 4.08. The quantitative estimate of drug-likeness (QED) is 0.711. The topological polar surface area (TPSA) is 56.8 Å². The Labute approximate surface area is 138 Å². The number of carbonyl (C=O) groups excluding carboxylic acids is 1. The summed E-state index contributed by atoms with van der Waals surface area (Å²) in [6.07, 6.45) is 4.13. The molecule has 0 unspecified atom stereocenters. The second kappa shape index (κ2) is 8.89. The van der Waals surface area contributed by atoms with Crippen LogP contribution < -0.4 is 10.1 Å². The lowest BCUT2D eigenvalue weighted by Gasteiger charge is -2.22. The SMILES string of the molecule is COc1ccc(CCCCC(=O)NCCC2(C)OCCO2)cc1. The molecule has 1 aliphatic heterocycles. The third-order valence-corrected chi connectivity index (χ3v) is 4.08. The van der Waals surface area contributed by atoms with Crippen molar-refractivity contribution in [1.29, 1.82) is 0 Å². The first-order valence-electron chi connectivity index (χ1n) is 8.29. The molecular weight excluding hydrogens is 294 g/mol. The van der Waals surface area contributed by atoms with Crippen LogP contribution in [-0.4, -0.2) is 38.6 Å². The predicted molar refractivity (Wildman–Crippen MR) is 88.5 cm³/mol. The lowest BCUT2D eigenvalue weighted by atomic mass is 10.1. The molecule has 1 N–H and O–H groups in total. The van der Waals surface area contributed by atoms with Crippen molar-refractivity contribution in [2.75, 3.05) is 26.9 Å². The van der Waals surface area contributed by atoms with Crippen molar-refractivity contribution < 1.29 is 19.0 Å². The van der Waals surface area contributed by atoms with Crippen LogP contribution in [0.2, 0.25) is 0 Å². The maximum Gasteiger partial charge on any atom is 0.219 e. The highest BCUT2D eigenvalue weighted by Crippen LogP contribution is 2.21. The van der Waals surface area contributed by atoms with Gasteiger partial charge in [-0.2, -0.15) is 0 Å². The highest BCUT2D eigenvalue weighted by molar-refractivity contribution is 5.75. The molecule has 0 atom stereocenters. The zero-order valence-corrected chi connectivity index (χ0v) is 14.1. The fraction of sp³-hybridized carbons (Fsp3) is 0.611. The Morgan fingerprint density at radius 2 is 1.91 bits per heavy atom. The molecule has 1 aromatic rings. The standard InChI is InChI=1S/C18H27NO4/c1-18(22-13-14-23-18)11-12-19-17(20)6-4-3-5-15-7-9-16(21-2)10-8-15/h7-10H,3-6,11-14H2,1-2H3,(H,19,20). The molecule has 1 fully saturated rings. The molecule has 5 heteroatoms. The van der Waals surface area contributed by atoms with Crippen LogP contribution in [0.25, 0.3) is 0 Å². The Morgan fingerprint density at radius 1 is 1.22 bits per heavy atom. The monoisotopic (exact) mass is 321 g/mol. The molecule has 128 valence electrons. The molecule has 1 heterocycles. The molecule has 23 heavy (non-hydrogen) atoms. The van der Waals surface area contributed by atoms with Crippen molar-refractivity contribution in [2.45, 2.75) is 44.8 Å². The van der Waals surface area contributed by atoms with Gasteiger partial charge in [0.2, 0.25) is 5.91 Å². The number of benzene rings is 1. The van der Waals surface area contributed by atoms with E-state index in [1.807, 2.05) is 19.1 Å². The molecule has 0 radical (unpaired) electrons. The van der Waals surface area contributed by atoms with Crippen LogP contribution in [-0.2, 0) is 20.7 Å². The van der Waals surface area contributed by atoms with E-state index in [2.05, 4.69) is 17.4 Å². The third kappa shape index (κ3) is 6.20. The van der Waals surface area contributed by atoms with Crippen LogP contribution in [0.5, 0.6) is 5.75 Å². The van der Waals surface area contributed by atoms with Gasteiger partial charge in [0.05, 0.1) is 20.3 Å². The molecule has 0 aliphatic carbocycles. The predicted octanol–water partition coefficient (Wildman–Crippen LogP) is 2.68. The fourth-order valence-corrected chi connectivity index (χ4v) is 2.63. The lowest BCUT2D eigenvalue weighted by molar-refractivity contribution is -0.146. The Balaban J connectivity index is 1.54. The molecule has 1 saturated heterocycles. The summed E-state index contributed by atoms with van der Waals surface area (Å²) in [5.41, 5.74) is 1.27. The summed E-state index contributed by atoms with van der Waals surface area (Å²) in [5, 5.41) is 2.93. The van der Waals surface area contributed by atoms with Crippen molar-refractivity contribution in [1.82, 2.24) is 5.32 Å². The van der Waals surface area contributed by atoms with E-state index < -0.39 is 5.79 Å². The lowest BCUT2D eigenvalue weighted by Crippen LogP contribution is -2.33. The number of ether oxygens (including phenoxy) is 3. The van der Waals surface area contributed by atoms with Gasteiger partial charge in [-0.05, 0) is 43.9 Å². The summed E-state index contributed by atoms with van der Waals surface area (Å²) < 4.78 is 16.1. The second-order valence-electron chi connectivity index (χ2n) is 5.99. The van der Waals surface area contributed by atoms with Gasteiger partial charge in [0, 0.05) is 19.4 Å². The maximum atomic E-state index is 11.8. The summed E-state index contributed by atoms with van der Waals surface area (Å²) in [5.74, 6) is 0.445. The first-order chi connectivity index (χ1) is 11.1. The average Bonchev–Trinajstić information content (AvgIpc) is 2.99. The van der Waals surface area contributed by atoms with Gasteiger partial charge in [-0.3, -0.25) is 4.79 Å².